The standard InChI is InChI=1S/C24H22N2O2S2/c1-3-17-11-15(13-29-17)23(27)25-21-9-5-8-20-19(21)7-6-10-22(20)26-24(28)16-12-18(4-2)30-14-16/h5-14H,3-4H2,1-2H3,(H,25,27)(H,26,28). The molecule has 0 aliphatic rings. The Morgan fingerprint density at radius 1 is 0.733 bits per heavy atom. The Balaban J connectivity index is 1.61. The Morgan fingerprint density at radius 2 is 1.17 bits per heavy atom. The van der Waals surface area contributed by atoms with Gasteiger partial charge >= 0.3 is 0 Å². The quantitative estimate of drug-likeness (QED) is 0.359. The second kappa shape index (κ2) is 8.81. The van der Waals surface area contributed by atoms with Crippen LogP contribution < -0.4 is 10.6 Å². The zero-order valence-electron chi connectivity index (χ0n) is 16.8. The van der Waals surface area contributed by atoms with Crippen molar-refractivity contribution in [2.75, 3.05) is 10.6 Å². The van der Waals surface area contributed by atoms with Gasteiger partial charge in [-0.2, -0.15) is 0 Å². The second-order valence-corrected chi connectivity index (χ2v) is 8.92. The number of fused-ring (bicyclic) bond motifs is 1. The molecular weight excluding hydrogens is 412 g/mol. The highest BCUT2D eigenvalue weighted by Crippen LogP contribution is 2.30. The van der Waals surface area contributed by atoms with Crippen molar-refractivity contribution in [1.82, 2.24) is 0 Å². The van der Waals surface area contributed by atoms with Crippen LogP contribution in [0, 0.1) is 0 Å². The third-order valence-electron chi connectivity index (χ3n) is 4.95. The van der Waals surface area contributed by atoms with Gasteiger partial charge in [-0.15, -0.1) is 22.7 Å². The molecule has 4 nitrogen and oxygen atoms in total. The first-order valence-electron chi connectivity index (χ1n) is 9.88. The first kappa shape index (κ1) is 20.3. The summed E-state index contributed by atoms with van der Waals surface area (Å²) in [6.45, 7) is 4.15. The summed E-state index contributed by atoms with van der Waals surface area (Å²) in [5.74, 6) is -0.253. The third-order valence-corrected chi connectivity index (χ3v) is 7.11. The molecule has 0 saturated carbocycles. The fourth-order valence-electron chi connectivity index (χ4n) is 3.29. The zero-order valence-corrected chi connectivity index (χ0v) is 18.5. The van der Waals surface area contributed by atoms with Gasteiger partial charge in [0.05, 0.1) is 11.1 Å². The van der Waals surface area contributed by atoms with Crippen LogP contribution in [0.2, 0.25) is 0 Å². The normalized spacial score (nSPS) is 10.9. The molecule has 2 aromatic carbocycles. The maximum atomic E-state index is 12.7. The number of thiophene rings is 2. The van der Waals surface area contributed by atoms with Crippen LogP contribution in [0.15, 0.2) is 59.3 Å². The Bertz CT molecular complexity index is 1130. The minimum atomic E-state index is -0.127. The van der Waals surface area contributed by atoms with Crippen molar-refractivity contribution in [3.63, 3.8) is 0 Å². The molecule has 4 aromatic rings. The maximum absolute atomic E-state index is 12.7. The van der Waals surface area contributed by atoms with Gasteiger partial charge in [0.15, 0.2) is 0 Å². The highest BCUT2D eigenvalue weighted by Gasteiger charge is 2.14. The van der Waals surface area contributed by atoms with Crippen molar-refractivity contribution < 1.29 is 9.59 Å². The molecule has 0 aliphatic heterocycles. The van der Waals surface area contributed by atoms with Crippen LogP contribution in [-0.2, 0) is 12.8 Å². The number of carbonyl (C=O) groups excluding carboxylic acids is 2. The summed E-state index contributed by atoms with van der Waals surface area (Å²) >= 11 is 3.19. The Hall–Kier alpha value is -2.96. The Morgan fingerprint density at radius 3 is 1.53 bits per heavy atom. The molecule has 2 aromatic heterocycles. The summed E-state index contributed by atoms with van der Waals surface area (Å²) in [5.41, 5.74) is 2.79. The first-order valence-corrected chi connectivity index (χ1v) is 11.6. The lowest BCUT2D eigenvalue weighted by molar-refractivity contribution is 0.101. The molecule has 6 heteroatoms. The molecule has 152 valence electrons. The van der Waals surface area contributed by atoms with Gasteiger partial charge in [0.2, 0.25) is 0 Å². The molecule has 4 rings (SSSR count). The lowest BCUT2D eigenvalue weighted by Crippen LogP contribution is -2.12. The van der Waals surface area contributed by atoms with Crippen LogP contribution in [0.1, 0.15) is 44.3 Å². The molecule has 0 atom stereocenters. The van der Waals surface area contributed by atoms with E-state index in [9.17, 15) is 9.59 Å². The van der Waals surface area contributed by atoms with Crippen molar-refractivity contribution in [2.24, 2.45) is 0 Å². The molecular formula is C24H22N2O2S2. The second-order valence-electron chi connectivity index (χ2n) is 6.93. The van der Waals surface area contributed by atoms with E-state index in [1.807, 2.05) is 59.3 Å². The van der Waals surface area contributed by atoms with E-state index in [-0.39, 0.29) is 11.8 Å². The van der Waals surface area contributed by atoms with E-state index in [4.69, 9.17) is 0 Å². The van der Waals surface area contributed by atoms with E-state index in [0.717, 1.165) is 35.0 Å². The van der Waals surface area contributed by atoms with Gasteiger partial charge in [-0.3, -0.25) is 9.59 Å². The van der Waals surface area contributed by atoms with Gasteiger partial charge in [0.1, 0.15) is 0 Å². The SMILES string of the molecule is CCc1cc(C(=O)Nc2cccc3c(NC(=O)c4csc(CC)c4)cccc23)cs1. The van der Waals surface area contributed by atoms with Gasteiger partial charge in [-0.1, -0.05) is 38.1 Å². The number of nitrogens with one attached hydrogen (secondary N) is 2. The lowest BCUT2D eigenvalue weighted by Gasteiger charge is -2.12. The Kier molecular flexibility index (Phi) is 5.97. The number of amides is 2. The third kappa shape index (κ3) is 4.15. The Labute approximate surface area is 183 Å². The van der Waals surface area contributed by atoms with Crippen molar-refractivity contribution in [1.29, 1.82) is 0 Å². The molecule has 0 radical (unpaired) electrons. The molecule has 0 bridgehead atoms. The van der Waals surface area contributed by atoms with Crippen LogP contribution in [0.3, 0.4) is 0 Å². The predicted octanol–water partition coefficient (Wildman–Crippen LogP) is 6.59. The number of aryl methyl sites for hydroxylation is 2. The molecule has 2 heterocycles. The topological polar surface area (TPSA) is 58.2 Å². The molecule has 0 aliphatic carbocycles. The zero-order chi connectivity index (χ0) is 21.1. The summed E-state index contributed by atoms with van der Waals surface area (Å²) in [6.07, 6.45) is 1.83. The lowest BCUT2D eigenvalue weighted by atomic mass is 10.1. The number of carbonyl (C=O) groups is 2. The van der Waals surface area contributed by atoms with Crippen LogP contribution in [-0.4, -0.2) is 11.8 Å². The molecule has 0 unspecified atom stereocenters. The predicted molar refractivity (Wildman–Crippen MR) is 127 cm³/mol. The smallest absolute Gasteiger partial charge is 0.256 e. The van der Waals surface area contributed by atoms with Crippen molar-refractivity contribution in [2.45, 2.75) is 26.7 Å². The number of hydrogen-bond acceptors (Lipinski definition) is 4. The van der Waals surface area contributed by atoms with Gasteiger partial charge in [0, 0.05) is 42.7 Å². The van der Waals surface area contributed by atoms with Crippen LogP contribution in [0.4, 0.5) is 11.4 Å². The van der Waals surface area contributed by atoms with E-state index >= 15 is 0 Å². The van der Waals surface area contributed by atoms with Crippen molar-refractivity contribution >= 4 is 56.6 Å². The van der Waals surface area contributed by atoms with Crippen molar-refractivity contribution in [3.8, 4) is 0 Å². The summed E-state index contributed by atoms with van der Waals surface area (Å²) < 4.78 is 0. The highest BCUT2D eigenvalue weighted by atomic mass is 32.1. The highest BCUT2D eigenvalue weighted by molar-refractivity contribution is 7.10. The van der Waals surface area contributed by atoms with Gasteiger partial charge in [-0.05, 0) is 37.1 Å². The van der Waals surface area contributed by atoms with Gasteiger partial charge in [0.25, 0.3) is 11.8 Å². The van der Waals surface area contributed by atoms with E-state index in [0.29, 0.717) is 11.1 Å². The first-order chi connectivity index (χ1) is 14.6. The molecule has 0 fully saturated rings. The summed E-state index contributed by atoms with van der Waals surface area (Å²) in [5, 5.41) is 11.6. The van der Waals surface area contributed by atoms with E-state index < -0.39 is 0 Å². The number of rotatable bonds is 6. The fraction of sp³-hybridized carbons (Fsp3) is 0.167. The molecule has 0 saturated heterocycles. The summed E-state index contributed by atoms with van der Waals surface area (Å²) in [4.78, 5) is 27.8. The van der Waals surface area contributed by atoms with Crippen LogP contribution in [0.25, 0.3) is 10.8 Å². The van der Waals surface area contributed by atoms with E-state index in [1.165, 1.54) is 9.75 Å². The average Bonchev–Trinajstić information content (AvgIpc) is 3.44. The van der Waals surface area contributed by atoms with Crippen molar-refractivity contribution in [3.05, 3.63) is 80.2 Å². The van der Waals surface area contributed by atoms with Gasteiger partial charge < -0.3 is 10.6 Å². The maximum Gasteiger partial charge on any atom is 0.256 e. The average molecular weight is 435 g/mol. The van der Waals surface area contributed by atoms with Crippen LogP contribution >= 0.6 is 22.7 Å². The van der Waals surface area contributed by atoms with Gasteiger partial charge in [-0.25, -0.2) is 0 Å². The number of benzene rings is 2. The fourth-order valence-corrected chi connectivity index (χ4v) is 4.92. The minimum Gasteiger partial charge on any atom is -0.321 e. The molecule has 2 amide bonds. The number of hydrogen-bond donors (Lipinski definition) is 2. The summed E-state index contributed by atoms with van der Waals surface area (Å²) in [6, 6.07) is 15.3. The molecule has 0 spiro atoms. The van der Waals surface area contributed by atoms with E-state index in [2.05, 4.69) is 24.5 Å². The largest absolute Gasteiger partial charge is 0.321 e. The monoisotopic (exact) mass is 434 g/mol. The summed E-state index contributed by atoms with van der Waals surface area (Å²) in [7, 11) is 0. The molecule has 2 N–H and O–H groups in total. The molecule has 30 heavy (non-hydrogen) atoms. The van der Waals surface area contributed by atoms with E-state index in [1.54, 1.807) is 22.7 Å². The number of anilines is 2. The van der Waals surface area contributed by atoms with Crippen LogP contribution in [0.5, 0.6) is 0 Å². The minimum absolute atomic E-state index is 0.127.